The molecule has 1 amide bonds. The number of hydrogen-bond donors (Lipinski definition) is 1. The minimum atomic E-state index is -0.698. The Morgan fingerprint density at radius 1 is 1.69 bits per heavy atom. The van der Waals surface area contributed by atoms with Gasteiger partial charge in [0.1, 0.15) is 11.9 Å². The van der Waals surface area contributed by atoms with E-state index < -0.39 is 5.82 Å². The van der Waals surface area contributed by atoms with Crippen LogP contribution in [0.25, 0.3) is 0 Å². The molecule has 0 spiro atoms. The predicted molar refractivity (Wildman–Crippen MR) is 43.2 cm³/mol. The van der Waals surface area contributed by atoms with Crippen molar-refractivity contribution in [3.05, 3.63) is 23.6 Å². The van der Waals surface area contributed by atoms with Gasteiger partial charge in [-0.2, -0.15) is 5.26 Å². The monoisotopic (exact) mass is 179 g/mol. The molecule has 0 saturated carbocycles. The molecule has 0 fully saturated rings. The third-order valence-corrected chi connectivity index (χ3v) is 1.26. The number of pyridine rings is 1. The number of carbonyl (C=O) groups is 1. The van der Waals surface area contributed by atoms with Gasteiger partial charge >= 0.3 is 0 Å². The van der Waals surface area contributed by atoms with Crippen LogP contribution in [-0.4, -0.2) is 10.9 Å². The number of nitriles is 1. The van der Waals surface area contributed by atoms with Crippen LogP contribution in [0.3, 0.4) is 0 Å². The first-order valence-electron chi connectivity index (χ1n) is 3.47. The summed E-state index contributed by atoms with van der Waals surface area (Å²) in [5, 5.41) is 10.8. The van der Waals surface area contributed by atoms with Crippen molar-refractivity contribution < 1.29 is 9.18 Å². The molecule has 0 radical (unpaired) electrons. The fourth-order valence-corrected chi connectivity index (χ4v) is 0.771. The van der Waals surface area contributed by atoms with Gasteiger partial charge in [-0.05, 0) is 12.1 Å². The summed E-state index contributed by atoms with van der Waals surface area (Å²) in [6.07, 6.45) is 0. The van der Waals surface area contributed by atoms with Crippen LogP contribution in [0.2, 0.25) is 0 Å². The SMILES string of the molecule is CC(=O)Nc1ccc(F)c(C#N)n1. The first kappa shape index (κ1) is 9.13. The van der Waals surface area contributed by atoms with Crippen molar-refractivity contribution in [2.45, 2.75) is 6.92 Å². The van der Waals surface area contributed by atoms with Crippen LogP contribution in [-0.2, 0) is 4.79 Å². The van der Waals surface area contributed by atoms with Crippen molar-refractivity contribution in [1.82, 2.24) is 4.98 Å². The Bertz CT molecular complexity index is 383. The molecule has 66 valence electrons. The van der Waals surface area contributed by atoms with Crippen molar-refractivity contribution in [3.63, 3.8) is 0 Å². The lowest BCUT2D eigenvalue weighted by atomic mass is 10.3. The van der Waals surface area contributed by atoms with Gasteiger partial charge in [-0.25, -0.2) is 9.37 Å². The Balaban J connectivity index is 3.01. The van der Waals surface area contributed by atoms with Gasteiger partial charge in [-0.15, -0.1) is 0 Å². The summed E-state index contributed by atoms with van der Waals surface area (Å²) in [5.41, 5.74) is -0.328. The molecule has 13 heavy (non-hydrogen) atoms. The zero-order valence-electron chi connectivity index (χ0n) is 6.84. The lowest BCUT2D eigenvalue weighted by molar-refractivity contribution is -0.114. The summed E-state index contributed by atoms with van der Waals surface area (Å²) in [4.78, 5) is 14.1. The van der Waals surface area contributed by atoms with Gasteiger partial charge in [0, 0.05) is 6.92 Å². The molecule has 0 bridgehead atoms. The molecular weight excluding hydrogens is 173 g/mol. The van der Waals surface area contributed by atoms with E-state index in [1.165, 1.54) is 13.0 Å². The predicted octanol–water partition coefficient (Wildman–Crippen LogP) is 1.05. The highest BCUT2D eigenvalue weighted by Gasteiger charge is 2.04. The highest BCUT2D eigenvalue weighted by Crippen LogP contribution is 2.08. The molecule has 1 rings (SSSR count). The van der Waals surface area contributed by atoms with E-state index >= 15 is 0 Å². The minimum Gasteiger partial charge on any atom is -0.311 e. The van der Waals surface area contributed by atoms with Crippen LogP contribution in [0.1, 0.15) is 12.6 Å². The van der Waals surface area contributed by atoms with Gasteiger partial charge < -0.3 is 5.32 Å². The summed E-state index contributed by atoms with van der Waals surface area (Å²) < 4.78 is 12.7. The largest absolute Gasteiger partial charge is 0.311 e. The van der Waals surface area contributed by atoms with Crippen LogP contribution in [0.15, 0.2) is 12.1 Å². The molecule has 1 aromatic rings. The summed E-state index contributed by atoms with van der Waals surface area (Å²) in [6, 6.07) is 3.94. The summed E-state index contributed by atoms with van der Waals surface area (Å²) in [5.74, 6) is -0.843. The van der Waals surface area contributed by atoms with Crippen molar-refractivity contribution in [2.24, 2.45) is 0 Å². The Kier molecular flexibility index (Phi) is 2.55. The second-order valence-electron chi connectivity index (χ2n) is 2.32. The number of halogens is 1. The molecule has 1 aromatic heterocycles. The molecule has 0 unspecified atom stereocenters. The third-order valence-electron chi connectivity index (χ3n) is 1.26. The first-order valence-corrected chi connectivity index (χ1v) is 3.47. The number of nitrogens with one attached hydrogen (secondary N) is 1. The molecule has 5 heteroatoms. The molecule has 4 nitrogen and oxygen atoms in total. The van der Waals surface area contributed by atoms with E-state index in [0.29, 0.717) is 0 Å². The number of amides is 1. The van der Waals surface area contributed by atoms with Crippen LogP contribution >= 0.6 is 0 Å². The average Bonchev–Trinajstić information content (AvgIpc) is 2.07. The maximum absolute atomic E-state index is 12.7. The molecular formula is C8H6FN3O. The third kappa shape index (κ3) is 2.24. The van der Waals surface area contributed by atoms with E-state index in [1.54, 1.807) is 6.07 Å². The molecule has 0 aliphatic heterocycles. The fraction of sp³-hybridized carbons (Fsp3) is 0.125. The second kappa shape index (κ2) is 3.63. The first-order chi connectivity index (χ1) is 6.13. The normalized spacial score (nSPS) is 9.00. The molecule has 0 aromatic carbocycles. The minimum absolute atomic E-state index is 0.172. The van der Waals surface area contributed by atoms with E-state index in [-0.39, 0.29) is 17.4 Å². The lowest BCUT2D eigenvalue weighted by Crippen LogP contribution is -2.08. The molecule has 1 N–H and O–H groups in total. The van der Waals surface area contributed by atoms with Gasteiger partial charge in [0.05, 0.1) is 0 Å². The summed E-state index contributed by atoms with van der Waals surface area (Å²) >= 11 is 0. The maximum atomic E-state index is 12.7. The van der Waals surface area contributed by atoms with E-state index in [2.05, 4.69) is 10.3 Å². The van der Waals surface area contributed by atoms with E-state index in [4.69, 9.17) is 5.26 Å². The van der Waals surface area contributed by atoms with Crippen molar-refractivity contribution >= 4 is 11.7 Å². The zero-order valence-corrected chi connectivity index (χ0v) is 6.84. The van der Waals surface area contributed by atoms with E-state index in [1.807, 2.05) is 0 Å². The highest BCUT2D eigenvalue weighted by molar-refractivity contribution is 5.87. The number of rotatable bonds is 1. The van der Waals surface area contributed by atoms with Gasteiger partial charge in [0.15, 0.2) is 11.5 Å². The Labute approximate surface area is 74.0 Å². The lowest BCUT2D eigenvalue weighted by Gasteiger charge is -2.00. The second-order valence-corrected chi connectivity index (χ2v) is 2.32. The Hall–Kier alpha value is -1.96. The van der Waals surface area contributed by atoms with Crippen molar-refractivity contribution in [2.75, 3.05) is 5.32 Å². The van der Waals surface area contributed by atoms with Gasteiger partial charge in [0.25, 0.3) is 0 Å². The number of carbonyl (C=O) groups excluding carboxylic acids is 1. The highest BCUT2D eigenvalue weighted by atomic mass is 19.1. The number of nitrogens with zero attached hydrogens (tertiary/aromatic N) is 2. The van der Waals surface area contributed by atoms with Crippen LogP contribution in [0, 0.1) is 17.1 Å². The fourth-order valence-electron chi connectivity index (χ4n) is 0.771. The van der Waals surface area contributed by atoms with Crippen molar-refractivity contribution in [1.29, 1.82) is 5.26 Å². The van der Waals surface area contributed by atoms with Crippen molar-refractivity contribution in [3.8, 4) is 6.07 Å². The van der Waals surface area contributed by atoms with Gasteiger partial charge in [-0.3, -0.25) is 4.79 Å². The maximum Gasteiger partial charge on any atom is 0.222 e. The topological polar surface area (TPSA) is 65.8 Å². The van der Waals surface area contributed by atoms with Gasteiger partial charge in [0.2, 0.25) is 5.91 Å². The molecule has 0 saturated heterocycles. The number of hydrogen-bond acceptors (Lipinski definition) is 3. The average molecular weight is 179 g/mol. The van der Waals surface area contributed by atoms with Gasteiger partial charge in [-0.1, -0.05) is 0 Å². The zero-order chi connectivity index (χ0) is 9.84. The number of anilines is 1. The van der Waals surface area contributed by atoms with E-state index in [9.17, 15) is 9.18 Å². The Morgan fingerprint density at radius 3 is 2.92 bits per heavy atom. The summed E-state index contributed by atoms with van der Waals surface area (Å²) in [7, 11) is 0. The molecule has 0 aliphatic rings. The van der Waals surface area contributed by atoms with Crippen LogP contribution < -0.4 is 5.32 Å². The molecule has 0 atom stereocenters. The smallest absolute Gasteiger partial charge is 0.222 e. The number of aromatic nitrogens is 1. The van der Waals surface area contributed by atoms with Crippen LogP contribution in [0.4, 0.5) is 10.2 Å². The molecule has 0 aliphatic carbocycles. The van der Waals surface area contributed by atoms with E-state index in [0.717, 1.165) is 6.07 Å². The molecule has 1 heterocycles. The summed E-state index contributed by atoms with van der Waals surface area (Å²) in [6.45, 7) is 1.30. The van der Waals surface area contributed by atoms with Crippen LogP contribution in [0.5, 0.6) is 0 Å². The Morgan fingerprint density at radius 2 is 2.38 bits per heavy atom. The quantitative estimate of drug-likeness (QED) is 0.700. The standard InChI is InChI=1S/C8H6FN3O/c1-5(13)11-8-3-2-6(9)7(4-10)12-8/h2-3H,1H3,(H,11,12,13).